The number of hydrogen-bond acceptors (Lipinski definition) is 6. The molecule has 4 aromatic rings. The molecule has 0 bridgehead atoms. The van der Waals surface area contributed by atoms with E-state index in [1.54, 1.807) is 19.5 Å². The highest BCUT2D eigenvalue weighted by molar-refractivity contribution is 6.01. The lowest BCUT2D eigenvalue weighted by molar-refractivity contribution is -0.129. The first-order valence-electron chi connectivity index (χ1n) is 12.1. The number of piperidine rings is 1. The maximum Gasteiger partial charge on any atom is 0.251 e. The monoisotopic (exact) mass is 483 g/mol. The van der Waals surface area contributed by atoms with Gasteiger partial charge in [-0.2, -0.15) is 5.10 Å². The average Bonchev–Trinajstić information content (AvgIpc) is 3.33. The van der Waals surface area contributed by atoms with Crippen molar-refractivity contribution < 1.29 is 14.3 Å². The van der Waals surface area contributed by atoms with Crippen LogP contribution in [0.25, 0.3) is 22.2 Å². The number of likely N-dealkylation sites (tertiary alicyclic amines) is 1. The lowest BCUT2D eigenvalue weighted by Gasteiger charge is -2.39. The predicted molar refractivity (Wildman–Crippen MR) is 137 cm³/mol. The number of carbonyl (C=O) groups is 2. The topological polar surface area (TPSA) is 100 Å². The van der Waals surface area contributed by atoms with E-state index in [1.807, 2.05) is 48.5 Å². The number of carbonyl (C=O) groups excluding carboxylic acids is 2. The number of nitrogens with one attached hydrogen (secondary N) is 2. The van der Waals surface area contributed by atoms with Gasteiger partial charge in [0, 0.05) is 55.1 Å². The Morgan fingerprint density at radius 3 is 2.67 bits per heavy atom. The van der Waals surface area contributed by atoms with Gasteiger partial charge in [0.2, 0.25) is 0 Å². The van der Waals surface area contributed by atoms with Gasteiger partial charge in [0.15, 0.2) is 5.78 Å². The minimum Gasteiger partial charge on any atom is -0.377 e. The molecular weight excluding hydrogens is 454 g/mol. The zero-order valence-corrected chi connectivity index (χ0v) is 20.2. The van der Waals surface area contributed by atoms with Gasteiger partial charge in [-0.05, 0) is 48.7 Å². The van der Waals surface area contributed by atoms with Crippen molar-refractivity contribution in [2.24, 2.45) is 0 Å². The summed E-state index contributed by atoms with van der Waals surface area (Å²) < 4.78 is 5.12. The highest BCUT2D eigenvalue weighted by atomic mass is 16.5. The number of methoxy groups -OCH3 is 1. The zero-order chi connectivity index (χ0) is 24.9. The zero-order valence-electron chi connectivity index (χ0n) is 20.2. The van der Waals surface area contributed by atoms with E-state index >= 15 is 0 Å². The normalized spacial score (nSPS) is 18.2. The van der Waals surface area contributed by atoms with E-state index in [0.717, 1.165) is 34.1 Å². The first-order valence-corrected chi connectivity index (χ1v) is 12.1. The fourth-order valence-electron chi connectivity index (χ4n) is 4.91. The van der Waals surface area contributed by atoms with E-state index in [4.69, 9.17) is 4.74 Å². The molecule has 3 heterocycles. The first-order chi connectivity index (χ1) is 17.6. The van der Waals surface area contributed by atoms with E-state index in [1.165, 1.54) is 0 Å². The summed E-state index contributed by atoms with van der Waals surface area (Å²) in [6.07, 6.45) is 4.85. The van der Waals surface area contributed by atoms with Crippen LogP contribution < -0.4 is 5.32 Å². The number of aromatic amines is 1. The number of ketones is 1. The van der Waals surface area contributed by atoms with Crippen LogP contribution >= 0.6 is 0 Å². The van der Waals surface area contributed by atoms with Crippen LogP contribution in [0, 0.1) is 0 Å². The van der Waals surface area contributed by atoms with Crippen molar-refractivity contribution in [1.29, 1.82) is 0 Å². The molecule has 1 aliphatic rings. The third-order valence-corrected chi connectivity index (χ3v) is 6.68. The molecule has 36 heavy (non-hydrogen) atoms. The number of nitrogens with zero attached hydrogens (tertiary/aromatic N) is 3. The number of amides is 1. The smallest absolute Gasteiger partial charge is 0.251 e. The van der Waals surface area contributed by atoms with Crippen LogP contribution in [0.4, 0.5) is 0 Å². The summed E-state index contributed by atoms with van der Waals surface area (Å²) in [5.41, 5.74) is 4.29. The van der Waals surface area contributed by atoms with Gasteiger partial charge in [-0.3, -0.25) is 24.6 Å². The molecule has 1 fully saturated rings. The average molecular weight is 484 g/mol. The standard InChI is InChI=1S/C28H29N5O3/c1-36-18-26(34)25-10-8-22(17-33(25)16-19-5-3-2-4-6-19)30-28(35)21-7-9-24-23(15-21)27(32-31-24)20-11-13-29-14-12-20/h2-7,9,11-15,22,25H,8,10,16-18H2,1H3,(H,30,35)(H,31,32). The Labute approximate surface area is 209 Å². The van der Waals surface area contributed by atoms with Crippen molar-refractivity contribution in [1.82, 2.24) is 25.4 Å². The minimum absolute atomic E-state index is 0.0625. The molecule has 1 aliphatic heterocycles. The van der Waals surface area contributed by atoms with E-state index < -0.39 is 0 Å². The van der Waals surface area contributed by atoms with Gasteiger partial charge in [0.1, 0.15) is 12.3 Å². The first kappa shape index (κ1) is 23.8. The number of hydrogen-bond donors (Lipinski definition) is 2. The number of pyridine rings is 1. The van der Waals surface area contributed by atoms with Crippen molar-refractivity contribution >= 4 is 22.6 Å². The summed E-state index contributed by atoms with van der Waals surface area (Å²) in [5.74, 6) is -0.0580. The summed E-state index contributed by atoms with van der Waals surface area (Å²) in [6, 6.07) is 19.2. The molecule has 2 aromatic carbocycles. The van der Waals surface area contributed by atoms with Gasteiger partial charge in [-0.15, -0.1) is 0 Å². The number of benzene rings is 2. The number of rotatable bonds is 8. The Bertz CT molecular complexity index is 1340. The SMILES string of the molecule is COCC(=O)C1CCC(NC(=O)c2ccc3[nH]nc(-c4ccncc4)c3c2)CN1Cc1ccccc1. The summed E-state index contributed by atoms with van der Waals surface area (Å²) in [5, 5.41) is 11.6. The van der Waals surface area contributed by atoms with E-state index in [0.29, 0.717) is 25.1 Å². The van der Waals surface area contributed by atoms with Crippen LogP contribution in [-0.2, 0) is 16.1 Å². The quantitative estimate of drug-likeness (QED) is 0.397. The van der Waals surface area contributed by atoms with Crippen LogP contribution in [0.3, 0.4) is 0 Å². The van der Waals surface area contributed by atoms with Crippen LogP contribution in [-0.4, -0.2) is 64.1 Å². The van der Waals surface area contributed by atoms with Gasteiger partial charge in [0.05, 0.1) is 11.6 Å². The Morgan fingerprint density at radius 1 is 1.08 bits per heavy atom. The molecule has 0 aliphatic carbocycles. The van der Waals surface area contributed by atoms with Crippen molar-refractivity contribution in [3.8, 4) is 11.3 Å². The second-order valence-corrected chi connectivity index (χ2v) is 9.15. The summed E-state index contributed by atoms with van der Waals surface area (Å²) in [6.45, 7) is 1.33. The van der Waals surface area contributed by atoms with Crippen molar-refractivity contribution in [3.63, 3.8) is 0 Å². The molecule has 0 saturated carbocycles. The van der Waals surface area contributed by atoms with Crippen LogP contribution in [0.5, 0.6) is 0 Å². The molecule has 0 spiro atoms. The largest absolute Gasteiger partial charge is 0.377 e. The van der Waals surface area contributed by atoms with Crippen molar-refractivity contribution in [2.45, 2.75) is 31.5 Å². The van der Waals surface area contributed by atoms with Gasteiger partial charge < -0.3 is 10.1 Å². The molecular formula is C28H29N5O3. The molecule has 2 aromatic heterocycles. The van der Waals surface area contributed by atoms with Gasteiger partial charge in [0.25, 0.3) is 5.91 Å². The molecule has 2 N–H and O–H groups in total. The number of aromatic nitrogens is 3. The fourth-order valence-corrected chi connectivity index (χ4v) is 4.91. The lowest BCUT2D eigenvalue weighted by atomic mass is 9.94. The van der Waals surface area contributed by atoms with Gasteiger partial charge >= 0.3 is 0 Å². The summed E-state index contributed by atoms with van der Waals surface area (Å²) in [4.78, 5) is 32.2. The molecule has 1 saturated heterocycles. The van der Waals surface area contributed by atoms with Crippen LogP contribution in [0.2, 0.25) is 0 Å². The summed E-state index contributed by atoms with van der Waals surface area (Å²) in [7, 11) is 1.54. The van der Waals surface area contributed by atoms with Gasteiger partial charge in [-0.25, -0.2) is 0 Å². The Hall–Kier alpha value is -3.88. The molecule has 0 radical (unpaired) electrons. The Morgan fingerprint density at radius 2 is 1.89 bits per heavy atom. The van der Waals surface area contributed by atoms with Crippen LogP contribution in [0.1, 0.15) is 28.8 Å². The molecule has 2 atom stereocenters. The third-order valence-electron chi connectivity index (χ3n) is 6.68. The predicted octanol–water partition coefficient (Wildman–Crippen LogP) is 3.60. The molecule has 5 rings (SSSR count). The highest BCUT2D eigenvalue weighted by Gasteiger charge is 2.33. The van der Waals surface area contributed by atoms with Crippen LogP contribution in [0.15, 0.2) is 73.1 Å². The van der Waals surface area contributed by atoms with E-state index in [2.05, 4.69) is 37.5 Å². The summed E-state index contributed by atoms with van der Waals surface area (Å²) >= 11 is 0. The highest BCUT2D eigenvalue weighted by Crippen LogP contribution is 2.27. The molecule has 8 heteroatoms. The third kappa shape index (κ3) is 5.19. The van der Waals surface area contributed by atoms with Crippen molar-refractivity contribution in [2.75, 3.05) is 20.3 Å². The van der Waals surface area contributed by atoms with E-state index in [9.17, 15) is 9.59 Å². The Kier molecular flexibility index (Phi) is 7.16. The molecule has 2 unspecified atom stereocenters. The number of ether oxygens (including phenoxy) is 1. The molecule has 8 nitrogen and oxygen atoms in total. The second kappa shape index (κ2) is 10.8. The molecule has 184 valence electrons. The number of H-pyrrole nitrogens is 1. The number of Topliss-reactive ketones (excluding diaryl/α,β-unsaturated/α-hetero) is 1. The van der Waals surface area contributed by atoms with E-state index in [-0.39, 0.29) is 30.4 Å². The molecule has 1 amide bonds. The van der Waals surface area contributed by atoms with Gasteiger partial charge in [-0.1, -0.05) is 30.3 Å². The lowest BCUT2D eigenvalue weighted by Crippen LogP contribution is -2.54. The maximum absolute atomic E-state index is 13.3. The Balaban J connectivity index is 1.32. The maximum atomic E-state index is 13.3. The fraction of sp³-hybridized carbons (Fsp3) is 0.286. The second-order valence-electron chi connectivity index (χ2n) is 9.15. The number of fused-ring (bicyclic) bond motifs is 1. The minimum atomic E-state index is -0.219. The van der Waals surface area contributed by atoms with Crippen molar-refractivity contribution in [3.05, 3.63) is 84.2 Å².